The van der Waals surface area contributed by atoms with Gasteiger partial charge in [0.15, 0.2) is 0 Å². The Kier molecular flexibility index (Phi) is 26.7. The lowest BCUT2D eigenvalue weighted by molar-refractivity contribution is -0.0821. The van der Waals surface area contributed by atoms with Crippen LogP contribution in [0.15, 0.2) is 0 Å². The zero-order valence-electron chi connectivity index (χ0n) is 46.8. The molecular weight excluding hydrogens is 777 g/mol. The second-order valence-electron chi connectivity index (χ2n) is 29.0. The lowest BCUT2D eigenvalue weighted by Crippen LogP contribution is -2.37. The van der Waals surface area contributed by atoms with Crippen LogP contribution in [0.4, 0.5) is 0 Å². The Hall–Kier alpha value is -0.200. The van der Waals surface area contributed by atoms with E-state index in [-0.39, 0.29) is 0 Å². The summed E-state index contributed by atoms with van der Waals surface area (Å²) in [6, 6.07) is 0. The van der Waals surface area contributed by atoms with E-state index in [0.29, 0.717) is 37.9 Å². The van der Waals surface area contributed by atoms with Crippen LogP contribution in [0, 0.1) is 79.3 Å². The molecule has 0 aromatic rings. The van der Waals surface area contributed by atoms with Crippen molar-refractivity contribution in [3.63, 3.8) is 0 Å². The van der Waals surface area contributed by atoms with Gasteiger partial charge in [0.2, 0.25) is 0 Å². The third-order valence-corrected chi connectivity index (χ3v) is 14.2. The Morgan fingerprint density at radius 1 is 0.270 bits per heavy atom. The summed E-state index contributed by atoms with van der Waals surface area (Å²) >= 11 is 0. The molecule has 0 amide bonds. The van der Waals surface area contributed by atoms with Crippen molar-refractivity contribution in [2.45, 2.75) is 229 Å². The van der Waals surface area contributed by atoms with Gasteiger partial charge in [0.1, 0.15) is 0 Å². The molecule has 7 rings (SSSR count). The van der Waals surface area contributed by atoms with Crippen molar-refractivity contribution in [2.24, 2.45) is 79.3 Å². The Morgan fingerprint density at radius 2 is 0.603 bits per heavy atom. The molecule has 0 aromatic carbocycles. The standard InChI is InChI=1S/2C9H18O.C9H18.2C8H16O.C8H16.C7H14O/c1-9(2,3)8-4-6-10-7-5-8;1-9(2,3)8-5-4-6-10-7-8;1-9(2,3)7-8-5-4-6-8;1-8(2,3)4-7-5-9-6-7;1-8(2,3)7-4-5-9-6-7;1-8(2,3)6-7-4-5-7;1-7(2,3)6-4-8-5-6/h2*8H,4-7H2,1-3H3;8H,4-7H2,1-3H3;2*7H,4-6H2,1-3H3;7H,4-6H2,1-3H3;6H,4-5H2,1-3H3. The molecule has 2 unspecified atom stereocenters. The van der Waals surface area contributed by atoms with E-state index in [9.17, 15) is 0 Å². The zero-order valence-corrected chi connectivity index (χ0v) is 46.8. The highest BCUT2D eigenvalue weighted by molar-refractivity contribution is 4.81. The van der Waals surface area contributed by atoms with Gasteiger partial charge in [0.05, 0.1) is 26.4 Å². The van der Waals surface area contributed by atoms with Crippen LogP contribution < -0.4 is 0 Å². The van der Waals surface area contributed by atoms with Crippen molar-refractivity contribution >= 4 is 0 Å². The summed E-state index contributed by atoms with van der Waals surface area (Å²) in [4.78, 5) is 0. The minimum atomic E-state index is 0.445. The SMILES string of the molecule is CC(C)(C)C1CCCOC1.CC(C)(C)C1CCOC1.CC(C)(C)C1CCOCC1.CC(C)(C)C1COC1.CC(C)(C)CC1CC1.CC(C)(C)CC1CCC1.CC(C)(C)CC1COC1. The van der Waals surface area contributed by atoms with Gasteiger partial charge in [-0.3, -0.25) is 0 Å². The fourth-order valence-corrected chi connectivity index (χ4v) is 8.96. The van der Waals surface area contributed by atoms with Crippen LogP contribution >= 0.6 is 0 Å². The molecule has 5 heteroatoms. The van der Waals surface area contributed by atoms with Crippen LogP contribution in [0.1, 0.15) is 229 Å². The van der Waals surface area contributed by atoms with Crippen molar-refractivity contribution < 1.29 is 23.7 Å². The van der Waals surface area contributed by atoms with Gasteiger partial charge in [0.25, 0.3) is 0 Å². The Labute approximate surface area is 396 Å². The van der Waals surface area contributed by atoms with Crippen molar-refractivity contribution in [1.29, 1.82) is 0 Å². The Morgan fingerprint density at radius 3 is 0.746 bits per heavy atom. The minimum Gasteiger partial charge on any atom is -0.381 e. The van der Waals surface area contributed by atoms with Gasteiger partial charge in [-0.15, -0.1) is 0 Å². The van der Waals surface area contributed by atoms with Gasteiger partial charge in [-0.1, -0.05) is 178 Å². The van der Waals surface area contributed by atoms with Gasteiger partial charge < -0.3 is 23.7 Å². The van der Waals surface area contributed by atoms with E-state index >= 15 is 0 Å². The maximum atomic E-state index is 5.41. The molecule has 5 nitrogen and oxygen atoms in total. The Bertz CT molecular complexity index is 1060. The van der Waals surface area contributed by atoms with E-state index in [1.807, 2.05) is 0 Å². The lowest BCUT2D eigenvalue weighted by Gasteiger charge is -2.37. The number of hydrogen-bond donors (Lipinski definition) is 0. The van der Waals surface area contributed by atoms with E-state index in [2.05, 4.69) is 145 Å². The average Bonchev–Trinajstić information content (AvgIpc) is 3.67. The predicted molar refractivity (Wildman–Crippen MR) is 275 cm³/mol. The lowest BCUT2D eigenvalue weighted by atomic mass is 9.74. The third kappa shape index (κ3) is 32.2. The molecule has 0 aromatic heterocycles. The van der Waals surface area contributed by atoms with Crippen LogP contribution in [0.2, 0.25) is 0 Å². The van der Waals surface area contributed by atoms with E-state index in [4.69, 9.17) is 23.7 Å². The van der Waals surface area contributed by atoms with Crippen LogP contribution in [0.25, 0.3) is 0 Å². The molecule has 63 heavy (non-hydrogen) atoms. The molecule has 7 fully saturated rings. The second kappa shape index (κ2) is 27.7. The predicted octanol–water partition coefficient (Wildman–Crippen LogP) is 16.8. The molecule has 0 radical (unpaired) electrons. The molecule has 2 saturated carbocycles. The summed E-state index contributed by atoms with van der Waals surface area (Å²) in [7, 11) is 0. The quantitative estimate of drug-likeness (QED) is 0.282. The van der Waals surface area contributed by atoms with E-state index < -0.39 is 0 Å². The molecule has 378 valence electrons. The normalized spacial score (nSPS) is 24.1. The van der Waals surface area contributed by atoms with Crippen molar-refractivity contribution in [2.75, 3.05) is 66.1 Å². The summed E-state index contributed by atoms with van der Waals surface area (Å²) < 4.78 is 26.1. The second-order valence-corrected chi connectivity index (χ2v) is 29.0. The smallest absolute Gasteiger partial charge is 0.0521 e. The molecule has 0 bridgehead atoms. The zero-order chi connectivity index (χ0) is 48.3. The van der Waals surface area contributed by atoms with Gasteiger partial charge in [0, 0.05) is 51.5 Å². The van der Waals surface area contributed by atoms with Gasteiger partial charge in [-0.05, 0) is 119 Å². The largest absolute Gasteiger partial charge is 0.381 e. The van der Waals surface area contributed by atoms with Gasteiger partial charge in [-0.2, -0.15) is 0 Å². The topological polar surface area (TPSA) is 46.2 Å². The van der Waals surface area contributed by atoms with E-state index in [0.717, 1.165) is 107 Å². The maximum absolute atomic E-state index is 5.41. The van der Waals surface area contributed by atoms with Crippen LogP contribution in [0.5, 0.6) is 0 Å². The molecule has 5 saturated heterocycles. The van der Waals surface area contributed by atoms with Crippen molar-refractivity contribution in [3.05, 3.63) is 0 Å². The summed E-state index contributed by atoms with van der Waals surface area (Å²) in [5.74, 6) is 6.27. The van der Waals surface area contributed by atoms with E-state index in [1.165, 1.54) is 83.5 Å². The minimum absolute atomic E-state index is 0.445. The Balaban J connectivity index is 0.000000368. The molecular formula is C58H116O5. The molecule has 2 atom stereocenters. The number of ether oxygens (including phenoxy) is 5. The number of rotatable bonds is 3. The highest BCUT2D eigenvalue weighted by Gasteiger charge is 2.32. The first-order valence-corrected chi connectivity index (χ1v) is 26.5. The van der Waals surface area contributed by atoms with E-state index in [1.54, 1.807) is 0 Å². The maximum Gasteiger partial charge on any atom is 0.0521 e. The first-order valence-electron chi connectivity index (χ1n) is 26.5. The summed E-state index contributed by atoms with van der Waals surface area (Å²) in [6.07, 6.45) is 18.0. The van der Waals surface area contributed by atoms with Crippen LogP contribution in [-0.4, -0.2) is 66.1 Å². The highest BCUT2D eigenvalue weighted by Crippen LogP contribution is 2.40. The first kappa shape index (κ1) is 60.8. The van der Waals surface area contributed by atoms with Gasteiger partial charge >= 0.3 is 0 Å². The highest BCUT2D eigenvalue weighted by atomic mass is 16.5. The van der Waals surface area contributed by atoms with Crippen molar-refractivity contribution in [3.8, 4) is 0 Å². The number of hydrogen-bond acceptors (Lipinski definition) is 5. The molecule has 0 N–H and O–H groups in total. The summed E-state index contributed by atoms with van der Waals surface area (Å²) in [5.41, 5.74) is 3.51. The summed E-state index contributed by atoms with van der Waals surface area (Å²) in [5, 5.41) is 0. The fraction of sp³-hybridized carbons (Fsp3) is 1.00. The molecule has 5 aliphatic heterocycles. The van der Waals surface area contributed by atoms with Crippen molar-refractivity contribution in [1.82, 2.24) is 0 Å². The first-order chi connectivity index (χ1) is 28.7. The molecule has 2 aliphatic carbocycles. The molecule has 0 spiro atoms. The molecule has 7 aliphatic rings. The fourth-order valence-electron chi connectivity index (χ4n) is 8.96. The monoisotopic (exact) mass is 893 g/mol. The third-order valence-electron chi connectivity index (χ3n) is 14.2. The average molecular weight is 894 g/mol. The summed E-state index contributed by atoms with van der Waals surface area (Å²) in [6.45, 7) is 58.1. The van der Waals surface area contributed by atoms with Crippen LogP contribution in [0.3, 0.4) is 0 Å². The van der Waals surface area contributed by atoms with Crippen LogP contribution in [-0.2, 0) is 23.7 Å². The molecule has 5 heterocycles. The van der Waals surface area contributed by atoms with Gasteiger partial charge in [-0.25, -0.2) is 0 Å².